The third kappa shape index (κ3) is 1.57. The Morgan fingerprint density at radius 1 is 0.909 bits per heavy atom. The van der Waals surface area contributed by atoms with Crippen molar-refractivity contribution in [2.75, 3.05) is 6.54 Å². The second-order valence-corrected chi connectivity index (χ2v) is 3.84. The van der Waals surface area contributed by atoms with Gasteiger partial charge in [0.2, 0.25) is 0 Å². The van der Waals surface area contributed by atoms with Gasteiger partial charge in [-0.05, 0) is 25.7 Å². The molecule has 2 rings (SSSR count). The summed E-state index contributed by atoms with van der Waals surface area (Å²) in [4.78, 5) is 5.66. The maximum Gasteiger partial charge on any atom is 0.0897 e. The highest BCUT2D eigenvalue weighted by atomic mass is 16.7. The van der Waals surface area contributed by atoms with Gasteiger partial charge in [-0.3, -0.25) is 4.84 Å². The van der Waals surface area contributed by atoms with Crippen molar-refractivity contribution >= 4 is 0 Å². The highest BCUT2D eigenvalue weighted by molar-refractivity contribution is 4.85. The van der Waals surface area contributed by atoms with Gasteiger partial charge in [-0.15, -0.1) is 0 Å². The molecule has 0 atom stereocenters. The first-order chi connectivity index (χ1) is 5.41. The molecule has 0 amide bonds. The molecule has 64 valence electrons. The lowest BCUT2D eigenvalue weighted by atomic mass is 9.81. The molecule has 2 nitrogen and oxygen atoms in total. The molecule has 1 saturated heterocycles. The van der Waals surface area contributed by atoms with E-state index in [0.29, 0.717) is 0 Å². The van der Waals surface area contributed by atoms with Crippen molar-refractivity contribution in [2.45, 2.75) is 50.5 Å². The molecule has 2 aliphatic rings. The number of hydrogen-bond donors (Lipinski definition) is 1. The number of rotatable bonds is 0. The fraction of sp³-hybridized carbons (Fsp3) is 1.00. The minimum absolute atomic E-state index is 0.247. The highest BCUT2D eigenvalue weighted by Gasteiger charge is 2.34. The van der Waals surface area contributed by atoms with Gasteiger partial charge in [0.15, 0.2) is 0 Å². The predicted molar refractivity (Wildman–Crippen MR) is 44.1 cm³/mol. The Labute approximate surface area is 68.3 Å². The third-order valence-electron chi connectivity index (χ3n) is 2.96. The summed E-state index contributed by atoms with van der Waals surface area (Å²) in [5.41, 5.74) is 3.29. The van der Waals surface area contributed by atoms with Gasteiger partial charge in [-0.2, -0.15) is 0 Å². The molecule has 0 unspecified atom stereocenters. The molecule has 1 aliphatic carbocycles. The molecule has 1 heterocycles. The zero-order chi connectivity index (χ0) is 7.57. The Morgan fingerprint density at radius 3 is 2.27 bits per heavy atom. The average molecular weight is 155 g/mol. The molecule has 11 heavy (non-hydrogen) atoms. The lowest BCUT2D eigenvalue weighted by molar-refractivity contribution is -0.152. The summed E-state index contributed by atoms with van der Waals surface area (Å²) in [6.45, 7) is 1.04. The molecule has 0 aromatic heterocycles. The van der Waals surface area contributed by atoms with Gasteiger partial charge in [0.05, 0.1) is 5.60 Å². The van der Waals surface area contributed by atoms with Crippen molar-refractivity contribution < 1.29 is 4.84 Å². The zero-order valence-electron chi connectivity index (χ0n) is 7.07. The molecular formula is C9H17NO. The molecule has 2 heteroatoms. The van der Waals surface area contributed by atoms with Crippen LogP contribution < -0.4 is 5.48 Å². The Bertz CT molecular complexity index is 104. The van der Waals surface area contributed by atoms with Crippen LogP contribution in [0.3, 0.4) is 0 Å². The Hall–Kier alpha value is -0.0800. The van der Waals surface area contributed by atoms with Gasteiger partial charge in [-0.1, -0.05) is 19.3 Å². The Kier molecular flexibility index (Phi) is 2.14. The lowest BCUT2D eigenvalue weighted by Crippen LogP contribution is -2.44. The molecule has 0 aromatic rings. The van der Waals surface area contributed by atoms with Gasteiger partial charge in [0.1, 0.15) is 0 Å². The van der Waals surface area contributed by atoms with Crippen molar-refractivity contribution in [1.29, 1.82) is 0 Å². The Balaban J connectivity index is 1.94. The minimum Gasteiger partial charge on any atom is -0.295 e. The van der Waals surface area contributed by atoms with E-state index >= 15 is 0 Å². The van der Waals surface area contributed by atoms with Crippen LogP contribution in [0.4, 0.5) is 0 Å². The van der Waals surface area contributed by atoms with E-state index < -0.39 is 0 Å². The summed E-state index contributed by atoms with van der Waals surface area (Å²) >= 11 is 0. The maximum atomic E-state index is 5.66. The minimum atomic E-state index is 0.247. The average Bonchev–Trinajstić information content (AvgIpc) is 2.07. The number of hydroxylamine groups is 1. The van der Waals surface area contributed by atoms with Crippen molar-refractivity contribution in [3.05, 3.63) is 0 Å². The summed E-state index contributed by atoms with van der Waals surface area (Å²) in [6.07, 6.45) is 9.26. The maximum absolute atomic E-state index is 5.66. The molecule has 1 N–H and O–H groups in total. The second kappa shape index (κ2) is 3.11. The standard InChI is InChI=1S/C9H17NO/c1-2-5-9(6-3-1)7-4-8-10-11-9/h10H,1-8H2. The van der Waals surface area contributed by atoms with E-state index in [9.17, 15) is 0 Å². The van der Waals surface area contributed by atoms with E-state index in [0.717, 1.165) is 6.54 Å². The highest BCUT2D eigenvalue weighted by Crippen LogP contribution is 2.35. The van der Waals surface area contributed by atoms with E-state index in [1.165, 1.54) is 44.9 Å². The second-order valence-electron chi connectivity index (χ2n) is 3.84. The first-order valence-corrected chi connectivity index (χ1v) is 4.82. The summed E-state index contributed by atoms with van der Waals surface area (Å²) < 4.78 is 0. The van der Waals surface area contributed by atoms with Crippen LogP contribution in [0.2, 0.25) is 0 Å². The van der Waals surface area contributed by atoms with E-state index in [1.807, 2.05) is 0 Å². The topological polar surface area (TPSA) is 21.3 Å². The van der Waals surface area contributed by atoms with Crippen molar-refractivity contribution in [3.63, 3.8) is 0 Å². The smallest absolute Gasteiger partial charge is 0.0897 e. The first-order valence-electron chi connectivity index (χ1n) is 4.82. The Morgan fingerprint density at radius 2 is 1.64 bits per heavy atom. The fourth-order valence-corrected chi connectivity index (χ4v) is 2.29. The lowest BCUT2D eigenvalue weighted by Gasteiger charge is -2.39. The fourth-order valence-electron chi connectivity index (χ4n) is 2.29. The van der Waals surface area contributed by atoms with Gasteiger partial charge in [0.25, 0.3) is 0 Å². The van der Waals surface area contributed by atoms with E-state index in [4.69, 9.17) is 4.84 Å². The van der Waals surface area contributed by atoms with Gasteiger partial charge in [-0.25, -0.2) is 5.48 Å². The van der Waals surface area contributed by atoms with Crippen molar-refractivity contribution in [3.8, 4) is 0 Å². The summed E-state index contributed by atoms with van der Waals surface area (Å²) in [5, 5.41) is 0. The monoisotopic (exact) mass is 155 g/mol. The third-order valence-corrected chi connectivity index (χ3v) is 2.96. The molecule has 1 spiro atoms. The quantitative estimate of drug-likeness (QED) is 0.577. The van der Waals surface area contributed by atoms with Crippen LogP contribution in [-0.4, -0.2) is 12.1 Å². The number of nitrogens with one attached hydrogen (secondary N) is 1. The van der Waals surface area contributed by atoms with Gasteiger partial charge in [0, 0.05) is 6.54 Å². The first kappa shape index (κ1) is 7.56. The summed E-state index contributed by atoms with van der Waals surface area (Å²) in [7, 11) is 0. The van der Waals surface area contributed by atoms with Crippen LogP contribution in [0.15, 0.2) is 0 Å². The van der Waals surface area contributed by atoms with Crippen LogP contribution in [0, 0.1) is 0 Å². The molecule has 1 aliphatic heterocycles. The van der Waals surface area contributed by atoms with Crippen LogP contribution in [0.25, 0.3) is 0 Å². The molecular weight excluding hydrogens is 138 g/mol. The van der Waals surface area contributed by atoms with E-state index in [-0.39, 0.29) is 5.60 Å². The molecule has 0 radical (unpaired) electrons. The predicted octanol–water partition coefficient (Wildman–Crippen LogP) is 2.00. The van der Waals surface area contributed by atoms with Crippen LogP contribution in [0.5, 0.6) is 0 Å². The van der Waals surface area contributed by atoms with Crippen molar-refractivity contribution in [1.82, 2.24) is 5.48 Å². The van der Waals surface area contributed by atoms with Crippen molar-refractivity contribution in [2.24, 2.45) is 0 Å². The molecule has 2 fully saturated rings. The van der Waals surface area contributed by atoms with Gasteiger partial charge < -0.3 is 0 Å². The van der Waals surface area contributed by atoms with Crippen LogP contribution in [-0.2, 0) is 4.84 Å². The molecule has 0 aromatic carbocycles. The van der Waals surface area contributed by atoms with Gasteiger partial charge >= 0.3 is 0 Å². The van der Waals surface area contributed by atoms with Crippen LogP contribution in [0.1, 0.15) is 44.9 Å². The van der Waals surface area contributed by atoms with E-state index in [2.05, 4.69) is 5.48 Å². The zero-order valence-corrected chi connectivity index (χ0v) is 7.07. The summed E-state index contributed by atoms with van der Waals surface area (Å²) in [5.74, 6) is 0. The molecule has 0 bridgehead atoms. The summed E-state index contributed by atoms with van der Waals surface area (Å²) in [6, 6.07) is 0. The van der Waals surface area contributed by atoms with E-state index in [1.54, 1.807) is 0 Å². The largest absolute Gasteiger partial charge is 0.295 e. The number of hydrogen-bond acceptors (Lipinski definition) is 2. The normalized spacial score (nSPS) is 30.5. The molecule has 1 saturated carbocycles. The van der Waals surface area contributed by atoms with Crippen LogP contribution >= 0.6 is 0 Å². The SMILES string of the molecule is C1CCC2(CC1)CCCNO2.